The van der Waals surface area contributed by atoms with Crippen molar-refractivity contribution in [3.8, 4) is 0 Å². The molecule has 0 aliphatic rings. The molecule has 2 aromatic rings. The Kier molecular flexibility index (Phi) is 6.01. The first kappa shape index (κ1) is 15.8. The third-order valence-electron chi connectivity index (χ3n) is 4.01. The standard InChI is InChI=1S/C20H27N/c1-4-14-21-20(18-12-10-16(5-2)11-13-18)19-9-7-8-17(6-3)15-19/h7-13,15,20-21H,4-6,14H2,1-3H3. The van der Waals surface area contributed by atoms with Gasteiger partial charge in [-0.05, 0) is 48.1 Å². The van der Waals surface area contributed by atoms with Crippen molar-refractivity contribution in [2.45, 2.75) is 46.1 Å². The fourth-order valence-electron chi connectivity index (χ4n) is 2.66. The zero-order valence-electron chi connectivity index (χ0n) is 13.5. The summed E-state index contributed by atoms with van der Waals surface area (Å²) in [6.45, 7) is 7.67. The molecule has 0 aromatic heterocycles. The Morgan fingerprint density at radius 2 is 1.52 bits per heavy atom. The minimum absolute atomic E-state index is 0.294. The molecule has 1 nitrogen and oxygen atoms in total. The molecule has 0 fully saturated rings. The van der Waals surface area contributed by atoms with Crippen molar-refractivity contribution in [1.82, 2.24) is 5.32 Å². The van der Waals surface area contributed by atoms with Gasteiger partial charge in [0, 0.05) is 0 Å². The summed E-state index contributed by atoms with van der Waals surface area (Å²) >= 11 is 0. The molecule has 1 heteroatoms. The van der Waals surface area contributed by atoms with Crippen LogP contribution in [0.3, 0.4) is 0 Å². The number of hydrogen-bond acceptors (Lipinski definition) is 1. The van der Waals surface area contributed by atoms with Crippen LogP contribution in [0.25, 0.3) is 0 Å². The van der Waals surface area contributed by atoms with E-state index in [9.17, 15) is 0 Å². The molecule has 1 unspecified atom stereocenters. The van der Waals surface area contributed by atoms with Crippen molar-refractivity contribution < 1.29 is 0 Å². The lowest BCUT2D eigenvalue weighted by Crippen LogP contribution is -2.23. The second kappa shape index (κ2) is 7.99. The van der Waals surface area contributed by atoms with Crippen LogP contribution in [-0.4, -0.2) is 6.54 Å². The van der Waals surface area contributed by atoms with Crippen LogP contribution in [0.5, 0.6) is 0 Å². The van der Waals surface area contributed by atoms with E-state index in [2.05, 4.69) is 74.6 Å². The van der Waals surface area contributed by atoms with Crippen LogP contribution in [-0.2, 0) is 12.8 Å². The minimum Gasteiger partial charge on any atom is -0.306 e. The van der Waals surface area contributed by atoms with Crippen LogP contribution in [0.2, 0.25) is 0 Å². The first-order chi connectivity index (χ1) is 10.3. The molecule has 21 heavy (non-hydrogen) atoms. The summed E-state index contributed by atoms with van der Waals surface area (Å²) in [5, 5.41) is 3.69. The number of aryl methyl sites for hydroxylation is 2. The topological polar surface area (TPSA) is 12.0 Å². The van der Waals surface area contributed by atoms with Gasteiger partial charge >= 0.3 is 0 Å². The van der Waals surface area contributed by atoms with Crippen LogP contribution in [0.4, 0.5) is 0 Å². The molecule has 0 spiro atoms. The highest BCUT2D eigenvalue weighted by molar-refractivity contribution is 5.35. The predicted octanol–water partition coefficient (Wildman–Crippen LogP) is 4.90. The monoisotopic (exact) mass is 281 g/mol. The molecule has 1 N–H and O–H groups in total. The third kappa shape index (κ3) is 4.18. The van der Waals surface area contributed by atoms with Gasteiger partial charge in [0.1, 0.15) is 0 Å². The van der Waals surface area contributed by atoms with Gasteiger partial charge < -0.3 is 5.32 Å². The van der Waals surface area contributed by atoms with Crippen LogP contribution < -0.4 is 5.32 Å². The summed E-state index contributed by atoms with van der Waals surface area (Å²) in [5.74, 6) is 0. The van der Waals surface area contributed by atoms with E-state index in [0.29, 0.717) is 6.04 Å². The molecule has 112 valence electrons. The second-order valence-corrected chi connectivity index (χ2v) is 5.58. The maximum atomic E-state index is 3.69. The smallest absolute Gasteiger partial charge is 0.0576 e. The highest BCUT2D eigenvalue weighted by Gasteiger charge is 2.13. The van der Waals surface area contributed by atoms with Crippen molar-refractivity contribution >= 4 is 0 Å². The Morgan fingerprint density at radius 3 is 2.14 bits per heavy atom. The Hall–Kier alpha value is -1.60. The Bertz CT molecular complexity index is 542. The summed E-state index contributed by atoms with van der Waals surface area (Å²) in [6, 6.07) is 18.3. The largest absolute Gasteiger partial charge is 0.306 e. The first-order valence-electron chi connectivity index (χ1n) is 8.19. The number of nitrogens with one attached hydrogen (secondary N) is 1. The van der Waals surface area contributed by atoms with E-state index in [0.717, 1.165) is 25.8 Å². The van der Waals surface area contributed by atoms with Crippen LogP contribution in [0, 0.1) is 0 Å². The van der Waals surface area contributed by atoms with Gasteiger partial charge in [0.25, 0.3) is 0 Å². The molecule has 1 atom stereocenters. The quantitative estimate of drug-likeness (QED) is 0.761. The van der Waals surface area contributed by atoms with Gasteiger partial charge in [-0.25, -0.2) is 0 Å². The molecule has 0 bridgehead atoms. The summed E-state index contributed by atoms with van der Waals surface area (Å²) in [6.07, 6.45) is 3.33. The SMILES string of the molecule is CCCNC(c1ccc(CC)cc1)c1cccc(CC)c1. The van der Waals surface area contributed by atoms with Crippen molar-refractivity contribution in [2.75, 3.05) is 6.54 Å². The van der Waals surface area contributed by atoms with E-state index >= 15 is 0 Å². The predicted molar refractivity (Wildman–Crippen MR) is 91.8 cm³/mol. The molecular weight excluding hydrogens is 254 g/mol. The number of hydrogen-bond donors (Lipinski definition) is 1. The Labute approximate surface area is 129 Å². The van der Waals surface area contributed by atoms with Crippen LogP contribution >= 0.6 is 0 Å². The van der Waals surface area contributed by atoms with Gasteiger partial charge in [0.2, 0.25) is 0 Å². The number of benzene rings is 2. The second-order valence-electron chi connectivity index (χ2n) is 5.58. The summed E-state index contributed by atoms with van der Waals surface area (Å²) in [4.78, 5) is 0. The Balaban J connectivity index is 2.31. The van der Waals surface area contributed by atoms with E-state index in [1.54, 1.807) is 0 Å². The molecule has 0 aliphatic heterocycles. The zero-order chi connectivity index (χ0) is 15.1. The van der Waals surface area contributed by atoms with Gasteiger partial charge in [-0.15, -0.1) is 0 Å². The lowest BCUT2D eigenvalue weighted by molar-refractivity contribution is 0.598. The van der Waals surface area contributed by atoms with E-state index in [-0.39, 0.29) is 0 Å². The number of rotatable bonds is 7. The van der Waals surface area contributed by atoms with Gasteiger partial charge in [-0.3, -0.25) is 0 Å². The molecule has 0 aliphatic carbocycles. The zero-order valence-corrected chi connectivity index (χ0v) is 13.5. The summed E-state index contributed by atoms with van der Waals surface area (Å²) in [7, 11) is 0. The molecule has 2 rings (SSSR count). The fourth-order valence-corrected chi connectivity index (χ4v) is 2.66. The highest BCUT2D eigenvalue weighted by Crippen LogP contribution is 2.23. The lowest BCUT2D eigenvalue weighted by atomic mass is 9.95. The molecule has 2 aromatic carbocycles. The van der Waals surface area contributed by atoms with Crippen molar-refractivity contribution in [1.29, 1.82) is 0 Å². The average Bonchev–Trinajstić information content (AvgIpc) is 2.56. The van der Waals surface area contributed by atoms with Crippen molar-refractivity contribution in [3.63, 3.8) is 0 Å². The molecular formula is C20H27N. The maximum absolute atomic E-state index is 3.69. The Morgan fingerprint density at radius 1 is 0.810 bits per heavy atom. The highest BCUT2D eigenvalue weighted by atomic mass is 14.9. The summed E-state index contributed by atoms with van der Waals surface area (Å²) < 4.78 is 0. The van der Waals surface area contributed by atoms with Gasteiger partial charge in [0.15, 0.2) is 0 Å². The van der Waals surface area contributed by atoms with Gasteiger partial charge in [-0.2, -0.15) is 0 Å². The van der Waals surface area contributed by atoms with E-state index < -0.39 is 0 Å². The normalized spacial score (nSPS) is 12.3. The van der Waals surface area contributed by atoms with E-state index in [1.807, 2.05) is 0 Å². The molecule has 0 radical (unpaired) electrons. The van der Waals surface area contributed by atoms with Crippen LogP contribution in [0.1, 0.15) is 55.5 Å². The first-order valence-corrected chi connectivity index (χ1v) is 8.19. The molecule has 0 saturated heterocycles. The lowest BCUT2D eigenvalue weighted by Gasteiger charge is -2.20. The van der Waals surface area contributed by atoms with Crippen molar-refractivity contribution in [3.05, 3.63) is 70.8 Å². The molecule has 0 heterocycles. The van der Waals surface area contributed by atoms with Gasteiger partial charge in [-0.1, -0.05) is 69.3 Å². The van der Waals surface area contributed by atoms with Crippen LogP contribution in [0.15, 0.2) is 48.5 Å². The van der Waals surface area contributed by atoms with Crippen molar-refractivity contribution in [2.24, 2.45) is 0 Å². The third-order valence-corrected chi connectivity index (χ3v) is 4.01. The van der Waals surface area contributed by atoms with Gasteiger partial charge in [0.05, 0.1) is 6.04 Å². The van der Waals surface area contributed by atoms with E-state index in [1.165, 1.54) is 22.3 Å². The maximum Gasteiger partial charge on any atom is 0.0576 e. The molecule has 0 saturated carbocycles. The van der Waals surface area contributed by atoms with E-state index in [4.69, 9.17) is 0 Å². The minimum atomic E-state index is 0.294. The molecule has 0 amide bonds. The average molecular weight is 281 g/mol. The summed E-state index contributed by atoms with van der Waals surface area (Å²) in [5.41, 5.74) is 5.53. The fraction of sp³-hybridized carbons (Fsp3) is 0.400.